The summed E-state index contributed by atoms with van der Waals surface area (Å²) in [5.74, 6) is 0.467. The number of hydrogen-bond acceptors (Lipinski definition) is 3. The van der Waals surface area contributed by atoms with E-state index in [4.69, 9.17) is 5.73 Å². The van der Waals surface area contributed by atoms with E-state index >= 15 is 0 Å². The van der Waals surface area contributed by atoms with Crippen molar-refractivity contribution in [1.82, 2.24) is 15.1 Å². The zero-order valence-corrected chi connectivity index (χ0v) is 13.5. The molecule has 118 valence electrons. The summed E-state index contributed by atoms with van der Waals surface area (Å²) in [6, 6.07) is 14.2. The molecule has 0 aliphatic heterocycles. The molecule has 0 spiro atoms. The van der Waals surface area contributed by atoms with Crippen molar-refractivity contribution < 1.29 is 0 Å². The van der Waals surface area contributed by atoms with Crippen molar-refractivity contribution >= 4 is 17.3 Å². The molecule has 0 aliphatic carbocycles. The van der Waals surface area contributed by atoms with Gasteiger partial charge in [-0.2, -0.15) is 5.10 Å². The third-order valence-corrected chi connectivity index (χ3v) is 4.28. The Kier molecular flexibility index (Phi) is 5.06. The van der Waals surface area contributed by atoms with Crippen molar-refractivity contribution in [2.45, 2.75) is 13.0 Å². The van der Waals surface area contributed by atoms with E-state index in [-0.39, 0.29) is 0 Å². The summed E-state index contributed by atoms with van der Waals surface area (Å²) in [6.45, 7) is 1.31. The summed E-state index contributed by atoms with van der Waals surface area (Å²) in [7, 11) is 0. The summed E-state index contributed by atoms with van der Waals surface area (Å²) in [5, 5.41) is 9.57. The Labute approximate surface area is 139 Å². The van der Waals surface area contributed by atoms with Crippen LogP contribution in [0.5, 0.6) is 0 Å². The summed E-state index contributed by atoms with van der Waals surface area (Å²) in [5.41, 5.74) is 7.95. The Morgan fingerprint density at radius 1 is 1.22 bits per heavy atom. The molecule has 23 heavy (non-hydrogen) atoms. The van der Waals surface area contributed by atoms with Gasteiger partial charge < -0.3 is 11.1 Å². The molecule has 3 rings (SSSR count). The number of benzene rings is 1. The maximum Gasteiger partial charge on any atom is 0.188 e. The molecule has 6 heteroatoms. The molecule has 1 aromatic carbocycles. The smallest absolute Gasteiger partial charge is 0.188 e. The van der Waals surface area contributed by atoms with E-state index in [1.807, 2.05) is 47.4 Å². The quantitative estimate of drug-likeness (QED) is 0.541. The first-order valence-corrected chi connectivity index (χ1v) is 8.34. The highest BCUT2D eigenvalue weighted by molar-refractivity contribution is 7.09. The number of para-hydroxylation sites is 1. The van der Waals surface area contributed by atoms with Gasteiger partial charge in [0.1, 0.15) is 0 Å². The maximum absolute atomic E-state index is 5.89. The number of guanidine groups is 1. The molecular formula is C17H19N5S. The molecule has 0 unspecified atom stereocenters. The van der Waals surface area contributed by atoms with Crippen LogP contribution in [-0.4, -0.2) is 22.3 Å². The lowest BCUT2D eigenvalue weighted by atomic mass is 10.3. The third kappa shape index (κ3) is 4.43. The Morgan fingerprint density at radius 2 is 2.09 bits per heavy atom. The van der Waals surface area contributed by atoms with E-state index in [2.05, 4.69) is 32.9 Å². The number of aliphatic imine (C=N–C) groups is 1. The number of thiophene rings is 1. The van der Waals surface area contributed by atoms with Crippen LogP contribution in [0.15, 0.2) is 65.2 Å². The SMILES string of the molecule is NC(=NCc1cnn(-c2ccccc2)c1)NCCc1cccs1. The number of nitrogens with two attached hydrogens (primary N) is 1. The highest BCUT2D eigenvalue weighted by atomic mass is 32.1. The largest absolute Gasteiger partial charge is 0.370 e. The van der Waals surface area contributed by atoms with Crippen molar-refractivity contribution in [2.24, 2.45) is 10.7 Å². The normalized spacial score (nSPS) is 11.6. The van der Waals surface area contributed by atoms with Crippen LogP contribution >= 0.6 is 11.3 Å². The first kappa shape index (κ1) is 15.3. The van der Waals surface area contributed by atoms with Crippen LogP contribution < -0.4 is 11.1 Å². The van der Waals surface area contributed by atoms with Crippen LogP contribution in [0.25, 0.3) is 5.69 Å². The van der Waals surface area contributed by atoms with Gasteiger partial charge in [-0.25, -0.2) is 9.67 Å². The first-order chi connectivity index (χ1) is 11.3. The van der Waals surface area contributed by atoms with E-state index in [1.165, 1.54) is 4.88 Å². The molecule has 0 atom stereocenters. The monoisotopic (exact) mass is 325 g/mol. The minimum absolute atomic E-state index is 0.467. The summed E-state index contributed by atoms with van der Waals surface area (Å²) in [4.78, 5) is 5.70. The Hall–Kier alpha value is -2.60. The van der Waals surface area contributed by atoms with Gasteiger partial charge in [0.15, 0.2) is 5.96 Å². The second-order valence-electron chi connectivity index (χ2n) is 5.09. The van der Waals surface area contributed by atoms with Gasteiger partial charge in [-0.1, -0.05) is 24.3 Å². The fraction of sp³-hybridized carbons (Fsp3) is 0.176. The lowest BCUT2D eigenvalue weighted by Crippen LogP contribution is -2.33. The molecular weight excluding hydrogens is 306 g/mol. The fourth-order valence-corrected chi connectivity index (χ4v) is 2.87. The lowest BCUT2D eigenvalue weighted by Gasteiger charge is -2.04. The average Bonchev–Trinajstić information content (AvgIpc) is 3.25. The minimum Gasteiger partial charge on any atom is -0.370 e. The van der Waals surface area contributed by atoms with Crippen molar-refractivity contribution in [1.29, 1.82) is 0 Å². The fourth-order valence-electron chi connectivity index (χ4n) is 2.16. The summed E-state index contributed by atoms with van der Waals surface area (Å²) >= 11 is 1.75. The van der Waals surface area contributed by atoms with Crippen molar-refractivity contribution in [3.05, 3.63) is 70.7 Å². The number of nitrogens with zero attached hydrogens (tertiary/aromatic N) is 3. The highest BCUT2D eigenvalue weighted by Gasteiger charge is 2.00. The second-order valence-corrected chi connectivity index (χ2v) is 6.12. The Balaban J connectivity index is 1.50. The van der Waals surface area contributed by atoms with E-state index in [0.717, 1.165) is 24.2 Å². The summed E-state index contributed by atoms with van der Waals surface area (Å²) < 4.78 is 1.84. The van der Waals surface area contributed by atoms with Gasteiger partial charge >= 0.3 is 0 Å². The number of nitrogens with one attached hydrogen (secondary N) is 1. The molecule has 0 saturated carbocycles. The van der Waals surface area contributed by atoms with Crippen LogP contribution in [0.3, 0.4) is 0 Å². The molecule has 0 fully saturated rings. The van der Waals surface area contributed by atoms with Gasteiger partial charge in [-0.3, -0.25) is 0 Å². The first-order valence-electron chi connectivity index (χ1n) is 7.46. The molecule has 5 nitrogen and oxygen atoms in total. The number of aromatic nitrogens is 2. The molecule has 3 N–H and O–H groups in total. The van der Waals surface area contributed by atoms with Crippen molar-refractivity contribution in [2.75, 3.05) is 6.54 Å². The summed E-state index contributed by atoms with van der Waals surface area (Å²) in [6.07, 6.45) is 4.74. The molecule has 2 aromatic heterocycles. The van der Waals surface area contributed by atoms with Gasteiger partial charge in [-0.15, -0.1) is 11.3 Å². The Morgan fingerprint density at radius 3 is 2.87 bits per heavy atom. The topological polar surface area (TPSA) is 68.2 Å². The molecule has 0 radical (unpaired) electrons. The van der Waals surface area contributed by atoms with Crippen molar-refractivity contribution in [3.63, 3.8) is 0 Å². The van der Waals surface area contributed by atoms with Gasteiger partial charge in [0.2, 0.25) is 0 Å². The van der Waals surface area contributed by atoms with E-state index < -0.39 is 0 Å². The second kappa shape index (κ2) is 7.60. The molecule has 0 saturated heterocycles. The predicted molar refractivity (Wildman–Crippen MR) is 94.9 cm³/mol. The Bertz CT molecular complexity index is 746. The zero-order chi connectivity index (χ0) is 15.9. The molecule has 2 heterocycles. The standard InChI is InChI=1S/C17H19N5S/c18-17(19-9-8-16-7-4-10-23-16)20-11-14-12-21-22(13-14)15-5-2-1-3-6-15/h1-7,10,12-13H,8-9,11H2,(H3,18,19,20). The molecule has 0 bridgehead atoms. The van der Waals surface area contributed by atoms with E-state index in [9.17, 15) is 0 Å². The zero-order valence-electron chi connectivity index (χ0n) is 12.7. The molecule has 0 aliphatic rings. The van der Waals surface area contributed by atoms with Crippen LogP contribution in [0.4, 0.5) is 0 Å². The van der Waals surface area contributed by atoms with Crippen LogP contribution in [0.1, 0.15) is 10.4 Å². The van der Waals surface area contributed by atoms with Gasteiger partial charge in [0.25, 0.3) is 0 Å². The third-order valence-electron chi connectivity index (χ3n) is 3.35. The number of rotatable bonds is 6. The van der Waals surface area contributed by atoms with Gasteiger partial charge in [0.05, 0.1) is 18.4 Å². The van der Waals surface area contributed by atoms with E-state index in [1.54, 1.807) is 11.3 Å². The minimum atomic E-state index is 0.467. The predicted octanol–water partition coefficient (Wildman–Crippen LogP) is 2.58. The van der Waals surface area contributed by atoms with Gasteiger partial charge in [0, 0.05) is 23.2 Å². The van der Waals surface area contributed by atoms with Crippen LogP contribution in [0, 0.1) is 0 Å². The number of hydrogen-bond donors (Lipinski definition) is 2. The maximum atomic E-state index is 5.89. The molecule has 0 amide bonds. The van der Waals surface area contributed by atoms with Gasteiger partial charge in [-0.05, 0) is 30.0 Å². The van der Waals surface area contributed by atoms with Crippen LogP contribution in [-0.2, 0) is 13.0 Å². The average molecular weight is 325 g/mol. The van der Waals surface area contributed by atoms with Crippen LogP contribution in [0.2, 0.25) is 0 Å². The molecule has 3 aromatic rings. The highest BCUT2D eigenvalue weighted by Crippen LogP contribution is 2.09. The lowest BCUT2D eigenvalue weighted by molar-refractivity contribution is 0.856. The van der Waals surface area contributed by atoms with Crippen molar-refractivity contribution in [3.8, 4) is 5.69 Å². The van der Waals surface area contributed by atoms with E-state index in [0.29, 0.717) is 12.5 Å².